The molecule has 0 fully saturated rings. The molecule has 0 aliphatic carbocycles. The summed E-state index contributed by atoms with van der Waals surface area (Å²) in [4.78, 5) is 0. The predicted molar refractivity (Wildman–Crippen MR) is 34.0 cm³/mol. The largest absolute Gasteiger partial charge is 0.0616 e. The van der Waals surface area contributed by atoms with Crippen molar-refractivity contribution in [1.29, 1.82) is 0 Å². The van der Waals surface area contributed by atoms with E-state index in [1.54, 1.807) is 10.6 Å². The fraction of sp³-hybridized carbons (Fsp3) is 0. The van der Waals surface area contributed by atoms with Crippen molar-refractivity contribution in [3.8, 4) is 0 Å². The Morgan fingerprint density at radius 1 is 1.00 bits per heavy atom. The maximum atomic E-state index is 2.19. The molecule has 0 aromatic heterocycles. The highest BCUT2D eigenvalue weighted by Gasteiger charge is 2.12. The molecule has 0 saturated carbocycles. The summed E-state index contributed by atoms with van der Waals surface area (Å²) in [5.41, 5.74) is 0. The van der Waals surface area contributed by atoms with Gasteiger partial charge in [0.2, 0.25) is 0 Å². The van der Waals surface area contributed by atoms with Crippen molar-refractivity contribution in [2.45, 2.75) is 0 Å². The molecule has 0 spiro atoms. The van der Waals surface area contributed by atoms with Crippen molar-refractivity contribution in [3.63, 3.8) is 0 Å². The molecule has 0 nitrogen and oxygen atoms in total. The van der Waals surface area contributed by atoms with Crippen LogP contribution >= 0.6 is 8.58 Å². The molecule has 1 aromatic rings. The molecule has 0 amide bonds. The Labute approximate surface area is 44.3 Å². The van der Waals surface area contributed by atoms with Gasteiger partial charge in [0.1, 0.15) is 0 Å². The summed E-state index contributed by atoms with van der Waals surface area (Å²) in [6.45, 7) is 0. The second kappa shape index (κ2) is 1.08. The van der Waals surface area contributed by atoms with Crippen molar-refractivity contribution in [1.82, 2.24) is 0 Å². The molecule has 0 atom stereocenters. The van der Waals surface area contributed by atoms with Gasteiger partial charge in [-0.25, -0.2) is 0 Å². The van der Waals surface area contributed by atoms with Crippen molar-refractivity contribution < 1.29 is 0 Å². The second-order valence-corrected chi connectivity index (χ2v) is 3.00. The van der Waals surface area contributed by atoms with Crippen molar-refractivity contribution in [3.05, 3.63) is 24.3 Å². The summed E-state index contributed by atoms with van der Waals surface area (Å²) < 4.78 is 0. The van der Waals surface area contributed by atoms with E-state index in [0.717, 1.165) is 8.58 Å². The molecular weight excluding hydrogens is 103 g/mol. The highest BCUT2D eigenvalue weighted by atomic mass is 31.1. The molecule has 1 heteroatoms. The van der Waals surface area contributed by atoms with Gasteiger partial charge < -0.3 is 0 Å². The number of fused-ring (bicyclic) bond motifs is 1. The maximum Gasteiger partial charge on any atom is -0.0149 e. The summed E-state index contributed by atoms with van der Waals surface area (Å²) >= 11 is 0. The van der Waals surface area contributed by atoms with E-state index < -0.39 is 0 Å². The minimum absolute atomic E-state index is 1.04. The summed E-state index contributed by atoms with van der Waals surface area (Å²) in [5.74, 6) is 0. The van der Waals surface area contributed by atoms with Crippen LogP contribution in [0.15, 0.2) is 24.3 Å². The van der Waals surface area contributed by atoms with Gasteiger partial charge in [-0.2, -0.15) is 0 Å². The van der Waals surface area contributed by atoms with Gasteiger partial charge in [-0.1, -0.05) is 32.8 Å². The predicted octanol–water partition coefficient (Wildman–Crippen LogP) is 0.629. The summed E-state index contributed by atoms with van der Waals surface area (Å²) in [7, 11) is 1.04. The van der Waals surface area contributed by atoms with Crippen LogP contribution in [-0.2, 0) is 0 Å². The van der Waals surface area contributed by atoms with E-state index in [4.69, 9.17) is 0 Å². The quantitative estimate of drug-likeness (QED) is 0.434. The zero-order valence-corrected chi connectivity index (χ0v) is 4.81. The lowest BCUT2D eigenvalue weighted by Crippen LogP contribution is -1.83. The standard InChI is InChI=1S/C6H5P/c1-2-4-6-5(3-1)7-6/h1-4,7H. The first-order valence-electron chi connectivity index (χ1n) is 2.33. The fourth-order valence-corrected chi connectivity index (χ4v) is 1.43. The monoisotopic (exact) mass is 108 g/mol. The number of rotatable bonds is 0. The van der Waals surface area contributed by atoms with Crippen molar-refractivity contribution in [2.24, 2.45) is 0 Å². The molecule has 1 heterocycles. The highest BCUT2D eigenvalue weighted by Crippen LogP contribution is 2.21. The molecule has 1 aromatic carbocycles. The van der Waals surface area contributed by atoms with Gasteiger partial charge >= 0.3 is 0 Å². The minimum Gasteiger partial charge on any atom is -0.0616 e. The first-order chi connectivity index (χ1) is 3.47. The van der Waals surface area contributed by atoms with E-state index >= 15 is 0 Å². The van der Waals surface area contributed by atoms with Crippen LogP contribution in [0.25, 0.3) is 0 Å². The molecule has 0 radical (unpaired) electrons. The third-order valence-electron chi connectivity index (χ3n) is 1.13. The second-order valence-electron chi connectivity index (χ2n) is 1.67. The van der Waals surface area contributed by atoms with Crippen LogP contribution in [0.5, 0.6) is 0 Å². The Morgan fingerprint density at radius 2 is 1.57 bits per heavy atom. The first-order valence-corrected chi connectivity index (χ1v) is 3.33. The van der Waals surface area contributed by atoms with Gasteiger partial charge in [-0.15, -0.1) is 0 Å². The van der Waals surface area contributed by atoms with Crippen LogP contribution in [-0.4, -0.2) is 0 Å². The lowest BCUT2D eigenvalue weighted by atomic mass is 10.4. The average Bonchev–Trinajstić information content (AvgIpc) is 2.41. The number of hydrogen-bond donors (Lipinski definition) is 0. The molecule has 1 aliphatic rings. The van der Waals surface area contributed by atoms with E-state index in [9.17, 15) is 0 Å². The first kappa shape index (κ1) is 3.63. The lowest BCUT2D eigenvalue weighted by Gasteiger charge is -1.68. The lowest BCUT2D eigenvalue weighted by molar-refractivity contribution is 1.87. The van der Waals surface area contributed by atoms with E-state index in [2.05, 4.69) is 24.3 Å². The molecule has 1 aliphatic heterocycles. The van der Waals surface area contributed by atoms with Crippen LogP contribution in [0.3, 0.4) is 0 Å². The van der Waals surface area contributed by atoms with E-state index in [1.807, 2.05) is 0 Å². The van der Waals surface area contributed by atoms with Crippen LogP contribution in [0.2, 0.25) is 0 Å². The van der Waals surface area contributed by atoms with Gasteiger partial charge in [-0.3, -0.25) is 0 Å². The molecule has 0 unspecified atom stereocenters. The van der Waals surface area contributed by atoms with Gasteiger partial charge in [0, 0.05) is 0 Å². The summed E-state index contributed by atoms with van der Waals surface area (Å²) in [6.07, 6.45) is 0. The zero-order chi connectivity index (χ0) is 4.69. The molecule has 0 N–H and O–H groups in total. The summed E-state index contributed by atoms with van der Waals surface area (Å²) in [5, 5.41) is 3.12. The fourth-order valence-electron chi connectivity index (χ4n) is 0.680. The molecule has 0 bridgehead atoms. The molecule has 0 saturated heterocycles. The number of hydrogen-bond acceptors (Lipinski definition) is 0. The van der Waals surface area contributed by atoms with E-state index in [1.165, 1.54) is 0 Å². The van der Waals surface area contributed by atoms with Gasteiger partial charge in [0.05, 0.1) is 0 Å². The SMILES string of the molecule is c1ccc2c(c1)P2. The molecule has 7 heavy (non-hydrogen) atoms. The zero-order valence-electron chi connectivity index (χ0n) is 3.81. The van der Waals surface area contributed by atoms with Crippen LogP contribution in [0.4, 0.5) is 0 Å². The summed E-state index contributed by atoms with van der Waals surface area (Å²) in [6, 6.07) is 8.57. The van der Waals surface area contributed by atoms with Gasteiger partial charge in [-0.05, 0) is 10.6 Å². The van der Waals surface area contributed by atoms with E-state index in [0.29, 0.717) is 0 Å². The Kier molecular flexibility index (Phi) is 0.558. The van der Waals surface area contributed by atoms with Crippen LogP contribution < -0.4 is 10.6 Å². The molecule has 2 rings (SSSR count). The van der Waals surface area contributed by atoms with Gasteiger partial charge in [0.25, 0.3) is 0 Å². The Bertz CT molecular complexity index is 172. The topological polar surface area (TPSA) is 0 Å². The number of benzene rings is 1. The molecular formula is C6H5P. The molecule has 34 valence electrons. The van der Waals surface area contributed by atoms with Gasteiger partial charge in [0.15, 0.2) is 0 Å². The Balaban J connectivity index is 2.73. The van der Waals surface area contributed by atoms with Crippen molar-refractivity contribution in [2.75, 3.05) is 0 Å². The third-order valence-corrected chi connectivity index (χ3v) is 2.29. The minimum atomic E-state index is 1.04. The average molecular weight is 108 g/mol. The normalized spacial score (nSPS) is 13.1. The Morgan fingerprint density at radius 3 is 2.00 bits per heavy atom. The maximum absolute atomic E-state index is 2.19. The van der Waals surface area contributed by atoms with Crippen LogP contribution in [0, 0.1) is 0 Å². The Hall–Kier alpha value is -0.350. The smallest absolute Gasteiger partial charge is 0.0149 e. The van der Waals surface area contributed by atoms with Crippen molar-refractivity contribution >= 4 is 19.2 Å². The van der Waals surface area contributed by atoms with Crippen LogP contribution in [0.1, 0.15) is 0 Å². The third kappa shape index (κ3) is 0.470. The van der Waals surface area contributed by atoms with E-state index in [-0.39, 0.29) is 0 Å². The highest BCUT2D eigenvalue weighted by molar-refractivity contribution is 7.67.